The first-order valence-corrected chi connectivity index (χ1v) is 10.2. The summed E-state index contributed by atoms with van der Waals surface area (Å²) in [5, 5.41) is 2.71. The van der Waals surface area contributed by atoms with Crippen molar-refractivity contribution in [1.29, 1.82) is 0 Å². The Morgan fingerprint density at radius 3 is 2.32 bits per heavy atom. The zero-order valence-corrected chi connectivity index (χ0v) is 17.5. The van der Waals surface area contributed by atoms with Crippen LogP contribution in [-0.4, -0.2) is 49.4 Å². The third-order valence-corrected chi connectivity index (χ3v) is 5.81. The highest BCUT2D eigenvalue weighted by atomic mass is 32.2. The number of hydrogen-bond acceptors (Lipinski definition) is 5. The van der Waals surface area contributed by atoms with Crippen molar-refractivity contribution in [3.05, 3.63) is 47.3 Å². The minimum Gasteiger partial charge on any atom is -0.461 e. The fraction of sp³-hybridized carbons (Fsp3) is 0.368. The van der Waals surface area contributed by atoms with Crippen molar-refractivity contribution in [1.82, 2.24) is 8.87 Å². The number of ether oxygens (including phenoxy) is 1. The SMILES string of the molecule is CCOC(=O)c1cc(S(=O)(=O)N(C)CC(=O)Nc2cc(C)cc(C)c2)cn1C. The molecule has 0 aliphatic rings. The summed E-state index contributed by atoms with van der Waals surface area (Å²) in [5.74, 6) is -1.07. The molecule has 0 saturated carbocycles. The number of sulfonamides is 1. The number of carbonyl (C=O) groups is 2. The molecule has 0 spiro atoms. The van der Waals surface area contributed by atoms with Crippen LogP contribution in [0.15, 0.2) is 35.4 Å². The summed E-state index contributed by atoms with van der Waals surface area (Å²) in [5.41, 5.74) is 2.71. The number of esters is 1. The zero-order chi connectivity index (χ0) is 21.1. The highest BCUT2D eigenvalue weighted by molar-refractivity contribution is 7.89. The van der Waals surface area contributed by atoms with E-state index in [0.717, 1.165) is 15.4 Å². The summed E-state index contributed by atoms with van der Waals surface area (Å²) < 4.78 is 32.7. The average Bonchev–Trinajstić information content (AvgIpc) is 2.96. The Labute approximate surface area is 165 Å². The number of anilines is 1. The van der Waals surface area contributed by atoms with Gasteiger partial charge in [-0.15, -0.1) is 0 Å². The summed E-state index contributed by atoms with van der Waals surface area (Å²) in [6.07, 6.45) is 1.32. The van der Waals surface area contributed by atoms with E-state index in [0.29, 0.717) is 5.69 Å². The Hall–Kier alpha value is -2.65. The first kappa shape index (κ1) is 21.6. The molecule has 152 valence electrons. The van der Waals surface area contributed by atoms with E-state index in [9.17, 15) is 18.0 Å². The molecule has 0 saturated heterocycles. The predicted molar refractivity (Wildman–Crippen MR) is 106 cm³/mol. The monoisotopic (exact) mass is 407 g/mol. The fourth-order valence-electron chi connectivity index (χ4n) is 2.80. The Balaban J connectivity index is 2.14. The number of nitrogens with zero attached hydrogens (tertiary/aromatic N) is 2. The highest BCUT2D eigenvalue weighted by Crippen LogP contribution is 2.19. The maximum Gasteiger partial charge on any atom is 0.354 e. The van der Waals surface area contributed by atoms with Crippen molar-refractivity contribution < 1.29 is 22.7 Å². The van der Waals surface area contributed by atoms with Gasteiger partial charge in [0.25, 0.3) is 0 Å². The molecular formula is C19H25N3O5S. The van der Waals surface area contributed by atoms with Crippen molar-refractivity contribution >= 4 is 27.6 Å². The van der Waals surface area contributed by atoms with Gasteiger partial charge in [-0.1, -0.05) is 6.07 Å². The number of aryl methyl sites for hydroxylation is 3. The Morgan fingerprint density at radius 2 is 1.75 bits per heavy atom. The van der Waals surface area contributed by atoms with Gasteiger partial charge < -0.3 is 14.6 Å². The van der Waals surface area contributed by atoms with Crippen LogP contribution >= 0.6 is 0 Å². The largest absolute Gasteiger partial charge is 0.461 e. The van der Waals surface area contributed by atoms with Gasteiger partial charge in [-0.3, -0.25) is 4.79 Å². The number of amides is 1. The number of likely N-dealkylation sites (N-methyl/N-ethyl adjacent to an activating group) is 1. The normalized spacial score (nSPS) is 11.5. The lowest BCUT2D eigenvalue weighted by molar-refractivity contribution is -0.116. The van der Waals surface area contributed by atoms with Gasteiger partial charge >= 0.3 is 5.97 Å². The molecule has 1 aromatic heterocycles. The van der Waals surface area contributed by atoms with Gasteiger partial charge in [0.05, 0.1) is 13.2 Å². The van der Waals surface area contributed by atoms with Crippen LogP contribution in [0.3, 0.4) is 0 Å². The minimum atomic E-state index is -3.95. The van der Waals surface area contributed by atoms with E-state index in [1.165, 1.54) is 23.9 Å². The third kappa shape index (κ3) is 4.99. The number of rotatable bonds is 7. The second-order valence-electron chi connectivity index (χ2n) is 6.58. The van der Waals surface area contributed by atoms with Crippen molar-refractivity contribution in [2.75, 3.05) is 25.5 Å². The summed E-state index contributed by atoms with van der Waals surface area (Å²) in [7, 11) is -1.08. The molecule has 9 heteroatoms. The van der Waals surface area contributed by atoms with E-state index in [2.05, 4.69) is 5.32 Å². The van der Waals surface area contributed by atoms with Gasteiger partial charge in [-0.2, -0.15) is 4.31 Å². The van der Waals surface area contributed by atoms with Gasteiger partial charge in [0.2, 0.25) is 15.9 Å². The first-order chi connectivity index (χ1) is 13.0. The molecule has 1 heterocycles. The molecule has 0 radical (unpaired) electrons. The van der Waals surface area contributed by atoms with Crippen LogP contribution in [0.5, 0.6) is 0 Å². The number of hydrogen-bond donors (Lipinski definition) is 1. The van der Waals surface area contributed by atoms with Crippen molar-refractivity contribution in [2.45, 2.75) is 25.7 Å². The number of aromatic nitrogens is 1. The molecule has 0 unspecified atom stereocenters. The maximum absolute atomic E-state index is 12.8. The molecule has 0 aliphatic heterocycles. The molecule has 0 aliphatic carbocycles. The Kier molecular flexibility index (Phi) is 6.63. The molecule has 28 heavy (non-hydrogen) atoms. The summed E-state index contributed by atoms with van der Waals surface area (Å²) in [6.45, 7) is 5.32. The first-order valence-electron chi connectivity index (χ1n) is 8.72. The maximum atomic E-state index is 12.8. The number of nitrogens with one attached hydrogen (secondary N) is 1. The van der Waals surface area contributed by atoms with E-state index >= 15 is 0 Å². The lowest BCUT2D eigenvalue weighted by atomic mass is 10.1. The van der Waals surface area contributed by atoms with Gasteiger partial charge in [0, 0.05) is 26.0 Å². The highest BCUT2D eigenvalue weighted by Gasteiger charge is 2.26. The van der Waals surface area contributed by atoms with Crippen LogP contribution in [0, 0.1) is 13.8 Å². The smallest absolute Gasteiger partial charge is 0.354 e. The number of benzene rings is 1. The van der Waals surface area contributed by atoms with Crippen LogP contribution in [-0.2, 0) is 26.6 Å². The lowest BCUT2D eigenvalue weighted by Crippen LogP contribution is -2.34. The second-order valence-corrected chi connectivity index (χ2v) is 8.62. The molecule has 2 rings (SSSR count). The van der Waals surface area contributed by atoms with Gasteiger partial charge in [-0.05, 0) is 50.1 Å². The van der Waals surface area contributed by atoms with Crippen molar-refractivity contribution in [3.63, 3.8) is 0 Å². The van der Waals surface area contributed by atoms with Gasteiger partial charge in [0.1, 0.15) is 10.6 Å². The molecule has 0 fully saturated rings. The predicted octanol–water partition coefficient (Wildman–Crippen LogP) is 2.08. The molecule has 0 bridgehead atoms. The second kappa shape index (κ2) is 8.57. The summed E-state index contributed by atoms with van der Waals surface area (Å²) >= 11 is 0. The minimum absolute atomic E-state index is 0.0836. The summed E-state index contributed by atoms with van der Waals surface area (Å²) in [4.78, 5) is 24.1. The van der Waals surface area contributed by atoms with E-state index in [4.69, 9.17) is 4.74 Å². The van der Waals surface area contributed by atoms with Gasteiger partial charge in [-0.25, -0.2) is 13.2 Å². The third-order valence-electron chi connectivity index (χ3n) is 4.04. The fourth-order valence-corrected chi connectivity index (χ4v) is 4.00. The van der Waals surface area contributed by atoms with Crippen LogP contribution in [0.4, 0.5) is 5.69 Å². The number of carbonyl (C=O) groups excluding carboxylic acids is 2. The van der Waals surface area contributed by atoms with Crippen LogP contribution < -0.4 is 5.32 Å². The van der Waals surface area contributed by atoms with Crippen molar-refractivity contribution in [3.8, 4) is 0 Å². The molecule has 0 atom stereocenters. The molecular weight excluding hydrogens is 382 g/mol. The van der Waals surface area contributed by atoms with Crippen LogP contribution in [0.1, 0.15) is 28.5 Å². The van der Waals surface area contributed by atoms with E-state index in [1.54, 1.807) is 14.0 Å². The quantitative estimate of drug-likeness (QED) is 0.709. The van der Waals surface area contributed by atoms with E-state index in [-0.39, 0.29) is 23.7 Å². The molecule has 8 nitrogen and oxygen atoms in total. The van der Waals surface area contributed by atoms with Crippen LogP contribution in [0.2, 0.25) is 0 Å². The molecule has 1 aromatic carbocycles. The molecule has 1 amide bonds. The van der Waals surface area contributed by atoms with Gasteiger partial charge in [0.15, 0.2) is 0 Å². The summed E-state index contributed by atoms with van der Waals surface area (Å²) in [6, 6.07) is 6.83. The van der Waals surface area contributed by atoms with E-state index < -0.39 is 21.9 Å². The molecule has 1 N–H and O–H groups in total. The zero-order valence-electron chi connectivity index (χ0n) is 16.6. The average molecular weight is 407 g/mol. The standard InChI is InChI=1S/C19H25N3O5S/c1-6-27-19(24)17-10-16(11-21(17)4)28(25,26)22(5)12-18(23)20-15-8-13(2)7-14(3)9-15/h7-11H,6,12H2,1-5H3,(H,20,23). The molecule has 2 aromatic rings. The van der Waals surface area contributed by atoms with Crippen molar-refractivity contribution in [2.24, 2.45) is 7.05 Å². The Bertz CT molecular complexity index is 975. The van der Waals surface area contributed by atoms with E-state index in [1.807, 2.05) is 32.0 Å². The van der Waals surface area contributed by atoms with Crippen LogP contribution in [0.25, 0.3) is 0 Å². The lowest BCUT2D eigenvalue weighted by Gasteiger charge is -2.16. The Morgan fingerprint density at radius 1 is 1.14 bits per heavy atom. The topological polar surface area (TPSA) is 97.7 Å².